The van der Waals surface area contributed by atoms with Crippen LogP contribution in [0.3, 0.4) is 0 Å². The quantitative estimate of drug-likeness (QED) is 0.887. The van der Waals surface area contributed by atoms with E-state index in [4.69, 9.17) is 4.74 Å². The largest absolute Gasteiger partial charge is 0.484 e. The summed E-state index contributed by atoms with van der Waals surface area (Å²) < 4.78 is 5.41. The van der Waals surface area contributed by atoms with Gasteiger partial charge >= 0.3 is 0 Å². The van der Waals surface area contributed by atoms with E-state index in [1.807, 2.05) is 37.3 Å². The molecule has 0 saturated carbocycles. The summed E-state index contributed by atoms with van der Waals surface area (Å²) in [6.45, 7) is 3.62. The third-order valence-electron chi connectivity index (χ3n) is 3.04. The van der Waals surface area contributed by atoms with Crippen LogP contribution in [0.1, 0.15) is 24.2 Å². The van der Waals surface area contributed by atoms with Crippen LogP contribution in [0, 0.1) is 6.92 Å². The van der Waals surface area contributed by atoms with Crippen molar-refractivity contribution in [3.63, 3.8) is 0 Å². The van der Waals surface area contributed by atoms with Crippen molar-refractivity contribution in [1.82, 2.24) is 0 Å². The van der Waals surface area contributed by atoms with E-state index in [0.717, 1.165) is 11.1 Å². The van der Waals surface area contributed by atoms with Crippen molar-refractivity contribution >= 4 is 11.6 Å². The van der Waals surface area contributed by atoms with Gasteiger partial charge in [0.15, 0.2) is 6.61 Å². The van der Waals surface area contributed by atoms with Crippen LogP contribution < -0.4 is 10.1 Å². The highest BCUT2D eigenvalue weighted by atomic mass is 16.5. The van der Waals surface area contributed by atoms with Crippen LogP contribution in [0.2, 0.25) is 0 Å². The Hall–Kier alpha value is -2.33. The molecule has 1 amide bonds. The molecule has 0 spiro atoms. The lowest BCUT2D eigenvalue weighted by Gasteiger charge is -2.10. The molecule has 2 N–H and O–H groups in total. The zero-order valence-electron chi connectivity index (χ0n) is 12.2. The molecule has 0 unspecified atom stereocenters. The first kappa shape index (κ1) is 15.1. The summed E-state index contributed by atoms with van der Waals surface area (Å²) in [5.74, 6) is 0.423. The van der Waals surface area contributed by atoms with E-state index in [1.54, 1.807) is 25.1 Å². The molecule has 4 nitrogen and oxygen atoms in total. The molecular formula is C17H19NO3. The summed E-state index contributed by atoms with van der Waals surface area (Å²) in [4.78, 5) is 11.8. The zero-order valence-corrected chi connectivity index (χ0v) is 12.2. The highest BCUT2D eigenvalue weighted by Gasteiger charge is 2.06. The highest BCUT2D eigenvalue weighted by molar-refractivity contribution is 5.91. The maximum absolute atomic E-state index is 11.8. The molecule has 0 aliphatic carbocycles. The smallest absolute Gasteiger partial charge is 0.262 e. The Balaban J connectivity index is 1.89. The van der Waals surface area contributed by atoms with E-state index < -0.39 is 6.10 Å². The second-order valence-corrected chi connectivity index (χ2v) is 4.95. The fourth-order valence-electron chi connectivity index (χ4n) is 1.86. The average Bonchev–Trinajstić information content (AvgIpc) is 2.47. The highest BCUT2D eigenvalue weighted by Crippen LogP contribution is 2.17. The second kappa shape index (κ2) is 6.90. The predicted octanol–water partition coefficient (Wildman–Crippen LogP) is 3.07. The van der Waals surface area contributed by atoms with Gasteiger partial charge in [-0.05, 0) is 43.7 Å². The third-order valence-corrected chi connectivity index (χ3v) is 3.04. The molecule has 4 heteroatoms. The molecule has 2 aromatic rings. The van der Waals surface area contributed by atoms with E-state index in [0.29, 0.717) is 11.4 Å². The Bertz CT molecular complexity index is 606. The van der Waals surface area contributed by atoms with Gasteiger partial charge < -0.3 is 15.2 Å². The van der Waals surface area contributed by atoms with Gasteiger partial charge in [-0.15, -0.1) is 0 Å². The molecule has 0 fully saturated rings. The fraction of sp³-hybridized carbons (Fsp3) is 0.235. The van der Waals surface area contributed by atoms with Gasteiger partial charge in [0.1, 0.15) is 5.75 Å². The monoisotopic (exact) mass is 285 g/mol. The van der Waals surface area contributed by atoms with Crippen LogP contribution in [0.5, 0.6) is 5.75 Å². The first-order valence-corrected chi connectivity index (χ1v) is 6.82. The standard InChI is InChI=1S/C17H19NO3/c1-12-6-8-16(9-7-12)21-11-17(20)18-15-5-3-4-14(10-15)13(2)19/h3-10,13,19H,11H2,1-2H3,(H,18,20)/t13-/m0/s1. The lowest BCUT2D eigenvalue weighted by Crippen LogP contribution is -2.20. The molecule has 2 aromatic carbocycles. The number of aryl methyl sites for hydroxylation is 1. The van der Waals surface area contributed by atoms with Crippen LogP contribution in [0.15, 0.2) is 48.5 Å². The van der Waals surface area contributed by atoms with Crippen LogP contribution in [-0.2, 0) is 4.79 Å². The average molecular weight is 285 g/mol. The number of ether oxygens (including phenoxy) is 1. The summed E-state index contributed by atoms with van der Waals surface area (Å²) in [6.07, 6.45) is -0.564. The molecular weight excluding hydrogens is 266 g/mol. The minimum atomic E-state index is -0.564. The fourth-order valence-corrected chi connectivity index (χ4v) is 1.86. The van der Waals surface area contributed by atoms with E-state index in [9.17, 15) is 9.90 Å². The molecule has 0 saturated heterocycles. The Morgan fingerprint density at radius 1 is 1.24 bits per heavy atom. The number of nitrogens with one attached hydrogen (secondary N) is 1. The van der Waals surface area contributed by atoms with Crippen LogP contribution in [0.4, 0.5) is 5.69 Å². The van der Waals surface area contributed by atoms with Crippen LogP contribution in [-0.4, -0.2) is 17.6 Å². The van der Waals surface area contributed by atoms with Crippen molar-refractivity contribution in [2.24, 2.45) is 0 Å². The van der Waals surface area contributed by atoms with Gasteiger partial charge in [0.05, 0.1) is 6.10 Å². The Morgan fingerprint density at radius 2 is 1.95 bits per heavy atom. The SMILES string of the molecule is Cc1ccc(OCC(=O)Nc2cccc([C@H](C)O)c2)cc1. The van der Waals surface area contributed by atoms with Crippen molar-refractivity contribution in [1.29, 1.82) is 0 Å². The Morgan fingerprint density at radius 3 is 2.62 bits per heavy atom. The van der Waals surface area contributed by atoms with Crippen LogP contribution in [0.25, 0.3) is 0 Å². The van der Waals surface area contributed by atoms with Crippen molar-refractivity contribution in [3.8, 4) is 5.75 Å². The first-order chi connectivity index (χ1) is 10.0. The van der Waals surface area contributed by atoms with Crippen molar-refractivity contribution in [2.75, 3.05) is 11.9 Å². The number of anilines is 1. The minimum Gasteiger partial charge on any atom is -0.484 e. The van der Waals surface area contributed by atoms with Crippen molar-refractivity contribution in [2.45, 2.75) is 20.0 Å². The predicted molar refractivity (Wildman–Crippen MR) is 82.4 cm³/mol. The molecule has 2 rings (SSSR count). The van der Waals surface area contributed by atoms with Gasteiger partial charge in [0.2, 0.25) is 0 Å². The van der Waals surface area contributed by atoms with E-state index in [2.05, 4.69) is 5.32 Å². The number of aliphatic hydroxyl groups excluding tert-OH is 1. The molecule has 110 valence electrons. The lowest BCUT2D eigenvalue weighted by atomic mass is 10.1. The zero-order chi connectivity index (χ0) is 15.2. The first-order valence-electron chi connectivity index (χ1n) is 6.82. The number of hydrogen-bond donors (Lipinski definition) is 2. The Labute approximate surface area is 124 Å². The minimum absolute atomic E-state index is 0.0536. The van der Waals surface area contributed by atoms with Gasteiger partial charge in [-0.2, -0.15) is 0 Å². The van der Waals surface area contributed by atoms with E-state index >= 15 is 0 Å². The lowest BCUT2D eigenvalue weighted by molar-refractivity contribution is -0.118. The maximum Gasteiger partial charge on any atom is 0.262 e. The van der Waals surface area contributed by atoms with Gasteiger partial charge in [-0.1, -0.05) is 29.8 Å². The molecule has 1 atom stereocenters. The summed E-state index contributed by atoms with van der Waals surface area (Å²) >= 11 is 0. The number of carbonyl (C=O) groups is 1. The normalized spacial score (nSPS) is 11.8. The van der Waals surface area contributed by atoms with Gasteiger partial charge in [-0.3, -0.25) is 4.79 Å². The number of amides is 1. The van der Waals surface area contributed by atoms with Crippen LogP contribution >= 0.6 is 0 Å². The van der Waals surface area contributed by atoms with Gasteiger partial charge in [0, 0.05) is 5.69 Å². The van der Waals surface area contributed by atoms with E-state index in [-0.39, 0.29) is 12.5 Å². The number of hydrogen-bond acceptors (Lipinski definition) is 3. The second-order valence-electron chi connectivity index (χ2n) is 4.95. The molecule has 0 heterocycles. The number of carbonyl (C=O) groups excluding carboxylic acids is 1. The van der Waals surface area contributed by atoms with E-state index in [1.165, 1.54) is 0 Å². The Kier molecular flexibility index (Phi) is 4.95. The molecule has 0 aromatic heterocycles. The summed E-state index contributed by atoms with van der Waals surface area (Å²) in [5, 5.41) is 12.3. The molecule has 0 radical (unpaired) electrons. The summed E-state index contributed by atoms with van der Waals surface area (Å²) in [6, 6.07) is 14.6. The van der Waals surface area contributed by atoms with Gasteiger partial charge in [-0.25, -0.2) is 0 Å². The molecule has 0 aliphatic rings. The molecule has 0 aliphatic heterocycles. The number of benzene rings is 2. The van der Waals surface area contributed by atoms with Crippen molar-refractivity contribution < 1.29 is 14.6 Å². The molecule has 0 bridgehead atoms. The number of rotatable bonds is 5. The van der Waals surface area contributed by atoms with Crippen molar-refractivity contribution in [3.05, 3.63) is 59.7 Å². The summed E-state index contributed by atoms with van der Waals surface area (Å²) in [5.41, 5.74) is 2.54. The number of aliphatic hydroxyl groups is 1. The van der Waals surface area contributed by atoms with Gasteiger partial charge in [0.25, 0.3) is 5.91 Å². The summed E-state index contributed by atoms with van der Waals surface area (Å²) in [7, 11) is 0. The topological polar surface area (TPSA) is 58.6 Å². The third kappa shape index (κ3) is 4.61. The maximum atomic E-state index is 11.8. The molecule has 21 heavy (non-hydrogen) atoms.